The van der Waals surface area contributed by atoms with Crippen LogP contribution in [0, 0.1) is 5.92 Å². The first-order chi connectivity index (χ1) is 11.5. The minimum absolute atomic E-state index is 0.0102. The summed E-state index contributed by atoms with van der Waals surface area (Å²) in [5.74, 6) is -0.133. The smallest absolute Gasteiger partial charge is 0.252 e. The Morgan fingerprint density at radius 1 is 1.21 bits per heavy atom. The van der Waals surface area contributed by atoms with Crippen molar-refractivity contribution in [3.05, 3.63) is 29.8 Å². The van der Waals surface area contributed by atoms with Gasteiger partial charge in [0.25, 0.3) is 5.91 Å². The molecule has 2 rings (SSSR count). The van der Waals surface area contributed by atoms with Crippen LogP contribution < -0.4 is 16.0 Å². The molecule has 132 valence electrons. The van der Waals surface area contributed by atoms with Crippen LogP contribution in [0.25, 0.3) is 0 Å². The van der Waals surface area contributed by atoms with Crippen LogP contribution in [0.15, 0.2) is 24.3 Å². The Balaban J connectivity index is 1.89. The lowest BCUT2D eigenvalue weighted by Crippen LogP contribution is -2.53. The van der Waals surface area contributed by atoms with Gasteiger partial charge in [0, 0.05) is 25.3 Å². The first-order valence-electron chi connectivity index (χ1n) is 8.41. The van der Waals surface area contributed by atoms with Crippen molar-refractivity contribution < 1.29 is 14.3 Å². The van der Waals surface area contributed by atoms with Crippen molar-refractivity contribution in [1.82, 2.24) is 10.6 Å². The van der Waals surface area contributed by atoms with Crippen molar-refractivity contribution in [2.75, 3.05) is 25.5 Å². The number of carbonyl (C=O) groups is 2. The number of anilines is 1. The van der Waals surface area contributed by atoms with Crippen LogP contribution >= 0.6 is 0 Å². The number of rotatable bonds is 6. The second-order valence-corrected chi connectivity index (χ2v) is 6.47. The van der Waals surface area contributed by atoms with E-state index in [0.29, 0.717) is 19.4 Å². The molecule has 0 unspecified atom stereocenters. The molecule has 1 aliphatic rings. The maximum Gasteiger partial charge on any atom is 0.252 e. The number of nitrogens with one attached hydrogen (secondary N) is 3. The van der Waals surface area contributed by atoms with E-state index in [1.807, 2.05) is 38.1 Å². The summed E-state index contributed by atoms with van der Waals surface area (Å²) in [4.78, 5) is 24.2. The normalized spacial score (nSPS) is 16.7. The first kappa shape index (κ1) is 18.4. The summed E-state index contributed by atoms with van der Waals surface area (Å²) < 4.78 is 5.51. The molecule has 1 heterocycles. The molecule has 6 nitrogen and oxygen atoms in total. The maximum absolute atomic E-state index is 12.5. The molecule has 1 fully saturated rings. The molecule has 0 bridgehead atoms. The molecular formula is C18H27N3O3. The van der Waals surface area contributed by atoms with E-state index in [0.717, 1.165) is 24.3 Å². The molecule has 1 aliphatic heterocycles. The highest BCUT2D eigenvalue weighted by Gasteiger charge is 2.39. The molecular weight excluding hydrogens is 306 g/mol. The lowest BCUT2D eigenvalue weighted by molar-refractivity contribution is -0.146. The monoisotopic (exact) mass is 333 g/mol. The van der Waals surface area contributed by atoms with Crippen molar-refractivity contribution in [2.24, 2.45) is 5.92 Å². The predicted molar refractivity (Wildman–Crippen MR) is 93.6 cm³/mol. The van der Waals surface area contributed by atoms with Gasteiger partial charge in [0.15, 0.2) is 0 Å². The third-order valence-electron chi connectivity index (χ3n) is 4.41. The molecule has 0 atom stereocenters. The van der Waals surface area contributed by atoms with Gasteiger partial charge in [-0.05, 0) is 43.6 Å². The molecule has 1 saturated heterocycles. The summed E-state index contributed by atoms with van der Waals surface area (Å²) in [5, 5.41) is 9.04. The summed E-state index contributed by atoms with van der Waals surface area (Å²) in [6.45, 7) is 5.71. The van der Waals surface area contributed by atoms with Crippen LogP contribution in [0.2, 0.25) is 0 Å². The van der Waals surface area contributed by atoms with Gasteiger partial charge < -0.3 is 20.7 Å². The van der Waals surface area contributed by atoms with Gasteiger partial charge in [0.1, 0.15) is 5.60 Å². The Morgan fingerprint density at radius 2 is 1.83 bits per heavy atom. The number of benzene rings is 1. The summed E-state index contributed by atoms with van der Waals surface area (Å²) >= 11 is 0. The molecule has 6 heteroatoms. The fourth-order valence-electron chi connectivity index (χ4n) is 2.69. The topological polar surface area (TPSA) is 79.5 Å². The van der Waals surface area contributed by atoms with Crippen LogP contribution in [0.4, 0.5) is 5.69 Å². The number of methoxy groups -OCH3 is 1. The highest BCUT2D eigenvalue weighted by Crippen LogP contribution is 2.22. The Kier molecular flexibility index (Phi) is 6.34. The quantitative estimate of drug-likeness (QED) is 0.740. The number of piperidine rings is 1. The predicted octanol–water partition coefficient (Wildman–Crippen LogP) is 1.67. The van der Waals surface area contributed by atoms with E-state index in [-0.39, 0.29) is 17.7 Å². The zero-order valence-electron chi connectivity index (χ0n) is 14.6. The van der Waals surface area contributed by atoms with Crippen molar-refractivity contribution >= 4 is 17.5 Å². The van der Waals surface area contributed by atoms with Gasteiger partial charge >= 0.3 is 0 Å². The standard InChI is InChI=1S/C18H27N3O3/c1-13(2)16(22)21-15-6-4-14(5-7-15)12-20-17(23)18(24-3)8-10-19-11-9-18/h4-7,13,19H,8-12H2,1-3H3,(H,20,23)(H,21,22). The zero-order valence-corrected chi connectivity index (χ0v) is 14.6. The largest absolute Gasteiger partial charge is 0.368 e. The summed E-state index contributed by atoms with van der Waals surface area (Å²) in [6, 6.07) is 7.49. The molecule has 1 aromatic carbocycles. The second kappa shape index (κ2) is 8.26. The second-order valence-electron chi connectivity index (χ2n) is 6.47. The average Bonchev–Trinajstić information content (AvgIpc) is 2.61. The fraction of sp³-hybridized carbons (Fsp3) is 0.556. The molecule has 0 saturated carbocycles. The molecule has 0 aromatic heterocycles. The lowest BCUT2D eigenvalue weighted by Gasteiger charge is -2.34. The van der Waals surface area contributed by atoms with Gasteiger partial charge in [-0.3, -0.25) is 9.59 Å². The third kappa shape index (κ3) is 4.55. The Labute approximate surface area is 143 Å². The van der Waals surface area contributed by atoms with E-state index in [4.69, 9.17) is 4.74 Å². The first-order valence-corrected chi connectivity index (χ1v) is 8.41. The Hall–Kier alpha value is -1.92. The third-order valence-corrected chi connectivity index (χ3v) is 4.41. The van der Waals surface area contributed by atoms with Gasteiger partial charge in [-0.15, -0.1) is 0 Å². The van der Waals surface area contributed by atoms with Crippen molar-refractivity contribution in [3.8, 4) is 0 Å². The van der Waals surface area contributed by atoms with Gasteiger partial charge in [-0.25, -0.2) is 0 Å². The SMILES string of the molecule is COC1(C(=O)NCc2ccc(NC(=O)C(C)C)cc2)CCNCC1. The number of carbonyl (C=O) groups excluding carboxylic acids is 2. The zero-order chi connectivity index (χ0) is 17.6. The Bertz CT molecular complexity index is 563. The highest BCUT2D eigenvalue weighted by atomic mass is 16.5. The van der Waals surface area contributed by atoms with Crippen LogP contribution in [0.3, 0.4) is 0 Å². The minimum atomic E-state index is -0.726. The van der Waals surface area contributed by atoms with Gasteiger partial charge in [0.05, 0.1) is 0 Å². The maximum atomic E-state index is 12.5. The molecule has 24 heavy (non-hydrogen) atoms. The molecule has 3 N–H and O–H groups in total. The molecule has 0 radical (unpaired) electrons. The van der Waals surface area contributed by atoms with Crippen LogP contribution in [-0.4, -0.2) is 37.6 Å². The molecule has 1 aromatic rings. The van der Waals surface area contributed by atoms with E-state index < -0.39 is 5.60 Å². The van der Waals surface area contributed by atoms with E-state index in [2.05, 4.69) is 16.0 Å². The van der Waals surface area contributed by atoms with E-state index in [1.54, 1.807) is 7.11 Å². The van der Waals surface area contributed by atoms with Crippen LogP contribution in [0.5, 0.6) is 0 Å². The van der Waals surface area contributed by atoms with Crippen molar-refractivity contribution in [3.63, 3.8) is 0 Å². The average molecular weight is 333 g/mol. The summed E-state index contributed by atoms with van der Waals surface area (Å²) in [5.41, 5.74) is 1.01. The van der Waals surface area contributed by atoms with E-state index in [1.165, 1.54) is 0 Å². The van der Waals surface area contributed by atoms with Crippen molar-refractivity contribution in [1.29, 1.82) is 0 Å². The van der Waals surface area contributed by atoms with Gasteiger partial charge in [-0.1, -0.05) is 26.0 Å². The number of amides is 2. The lowest BCUT2D eigenvalue weighted by atomic mass is 9.91. The van der Waals surface area contributed by atoms with Crippen LogP contribution in [0.1, 0.15) is 32.3 Å². The number of hydrogen-bond donors (Lipinski definition) is 3. The molecule has 0 aliphatic carbocycles. The number of hydrogen-bond acceptors (Lipinski definition) is 4. The minimum Gasteiger partial charge on any atom is -0.368 e. The molecule has 2 amide bonds. The highest BCUT2D eigenvalue weighted by molar-refractivity contribution is 5.92. The van der Waals surface area contributed by atoms with Crippen molar-refractivity contribution in [2.45, 2.75) is 38.8 Å². The van der Waals surface area contributed by atoms with Gasteiger partial charge in [-0.2, -0.15) is 0 Å². The van der Waals surface area contributed by atoms with Crippen LogP contribution in [-0.2, 0) is 20.9 Å². The number of ether oxygens (including phenoxy) is 1. The molecule has 0 spiro atoms. The summed E-state index contributed by atoms with van der Waals surface area (Å²) in [6.07, 6.45) is 1.35. The van der Waals surface area contributed by atoms with E-state index >= 15 is 0 Å². The van der Waals surface area contributed by atoms with Gasteiger partial charge in [0.2, 0.25) is 5.91 Å². The summed E-state index contributed by atoms with van der Waals surface area (Å²) in [7, 11) is 1.59. The Morgan fingerprint density at radius 3 is 2.38 bits per heavy atom. The fourth-order valence-corrected chi connectivity index (χ4v) is 2.69. The van der Waals surface area contributed by atoms with E-state index in [9.17, 15) is 9.59 Å².